The number of rotatable bonds is 6. The summed E-state index contributed by atoms with van der Waals surface area (Å²) in [6, 6.07) is 11.6. The predicted octanol–water partition coefficient (Wildman–Crippen LogP) is 3.19. The van der Waals surface area contributed by atoms with Gasteiger partial charge in [-0.1, -0.05) is 12.1 Å². The standard InChI is InChI=1S/C21H23F2N3O2/c22-16-7-5-15(6-8-16)21(28)24-17-9-12-26(13-10-17)14-11-20(27)25-19-4-2-1-3-18(19)23/h1-8,17H,9-14H2,(H,24,28)(H,25,27). The normalized spacial score (nSPS) is 15.2. The van der Waals surface area contributed by atoms with Gasteiger partial charge in [0.25, 0.3) is 5.91 Å². The Morgan fingerprint density at radius 2 is 1.68 bits per heavy atom. The Bertz CT molecular complexity index is 819. The number of para-hydroxylation sites is 1. The largest absolute Gasteiger partial charge is 0.349 e. The molecule has 148 valence electrons. The van der Waals surface area contributed by atoms with Crippen LogP contribution in [0.1, 0.15) is 29.6 Å². The van der Waals surface area contributed by atoms with Gasteiger partial charge in [0.05, 0.1) is 5.69 Å². The molecule has 0 aliphatic carbocycles. The van der Waals surface area contributed by atoms with Crippen LogP contribution in [0, 0.1) is 11.6 Å². The van der Waals surface area contributed by atoms with Gasteiger partial charge in [-0.25, -0.2) is 8.78 Å². The van der Waals surface area contributed by atoms with Crippen molar-refractivity contribution < 1.29 is 18.4 Å². The summed E-state index contributed by atoms with van der Waals surface area (Å²) >= 11 is 0. The van der Waals surface area contributed by atoms with E-state index in [0.29, 0.717) is 12.1 Å². The van der Waals surface area contributed by atoms with E-state index in [-0.39, 0.29) is 35.8 Å². The molecule has 2 aromatic rings. The minimum absolute atomic E-state index is 0.0565. The van der Waals surface area contributed by atoms with Crippen molar-refractivity contribution in [2.24, 2.45) is 0 Å². The highest BCUT2D eigenvalue weighted by molar-refractivity contribution is 5.94. The van der Waals surface area contributed by atoms with Crippen LogP contribution < -0.4 is 10.6 Å². The molecule has 28 heavy (non-hydrogen) atoms. The first-order chi connectivity index (χ1) is 13.5. The second kappa shape index (κ2) is 9.41. The van der Waals surface area contributed by atoms with Crippen LogP contribution in [0.4, 0.5) is 14.5 Å². The molecule has 1 aliphatic heterocycles. The number of benzene rings is 2. The summed E-state index contributed by atoms with van der Waals surface area (Å²) in [6.07, 6.45) is 1.84. The maximum atomic E-state index is 13.6. The Balaban J connectivity index is 1.38. The van der Waals surface area contributed by atoms with E-state index in [1.807, 2.05) is 0 Å². The molecule has 0 atom stereocenters. The third-order valence-electron chi connectivity index (χ3n) is 4.83. The van der Waals surface area contributed by atoms with Crippen LogP contribution in [-0.2, 0) is 4.79 Å². The highest BCUT2D eigenvalue weighted by atomic mass is 19.1. The number of likely N-dealkylation sites (tertiary alicyclic amines) is 1. The first-order valence-electron chi connectivity index (χ1n) is 9.34. The predicted molar refractivity (Wildman–Crippen MR) is 103 cm³/mol. The number of nitrogens with one attached hydrogen (secondary N) is 2. The summed E-state index contributed by atoms with van der Waals surface area (Å²) < 4.78 is 26.5. The molecule has 1 saturated heterocycles. The molecule has 0 aromatic heterocycles. The Morgan fingerprint density at radius 3 is 2.36 bits per heavy atom. The minimum atomic E-state index is -0.450. The van der Waals surface area contributed by atoms with E-state index in [9.17, 15) is 18.4 Å². The number of carbonyl (C=O) groups is 2. The van der Waals surface area contributed by atoms with Crippen molar-refractivity contribution in [3.05, 3.63) is 65.7 Å². The van der Waals surface area contributed by atoms with E-state index in [4.69, 9.17) is 0 Å². The summed E-state index contributed by atoms with van der Waals surface area (Å²) in [5, 5.41) is 5.55. The van der Waals surface area contributed by atoms with Gasteiger partial charge in [0.2, 0.25) is 5.91 Å². The van der Waals surface area contributed by atoms with Crippen LogP contribution in [-0.4, -0.2) is 42.4 Å². The summed E-state index contributed by atoms with van der Waals surface area (Å²) in [6.45, 7) is 2.11. The number of amides is 2. The van der Waals surface area contributed by atoms with E-state index in [2.05, 4.69) is 15.5 Å². The smallest absolute Gasteiger partial charge is 0.251 e. The fourth-order valence-electron chi connectivity index (χ4n) is 3.21. The maximum Gasteiger partial charge on any atom is 0.251 e. The lowest BCUT2D eigenvalue weighted by molar-refractivity contribution is -0.116. The van der Waals surface area contributed by atoms with Crippen molar-refractivity contribution in [3.8, 4) is 0 Å². The van der Waals surface area contributed by atoms with E-state index in [0.717, 1.165) is 25.9 Å². The quantitative estimate of drug-likeness (QED) is 0.800. The second-order valence-corrected chi connectivity index (χ2v) is 6.87. The van der Waals surface area contributed by atoms with Crippen LogP contribution in [0.25, 0.3) is 0 Å². The van der Waals surface area contributed by atoms with Gasteiger partial charge < -0.3 is 15.5 Å². The number of piperidine rings is 1. The van der Waals surface area contributed by atoms with E-state index >= 15 is 0 Å². The highest BCUT2D eigenvalue weighted by Gasteiger charge is 2.21. The van der Waals surface area contributed by atoms with Crippen molar-refractivity contribution in [1.82, 2.24) is 10.2 Å². The van der Waals surface area contributed by atoms with Crippen molar-refractivity contribution in [2.75, 3.05) is 25.0 Å². The zero-order chi connectivity index (χ0) is 19.9. The number of halogens is 2. The number of carbonyl (C=O) groups excluding carboxylic acids is 2. The van der Waals surface area contributed by atoms with Crippen molar-refractivity contribution in [3.63, 3.8) is 0 Å². The molecule has 5 nitrogen and oxygen atoms in total. The average Bonchev–Trinajstić information content (AvgIpc) is 2.70. The SMILES string of the molecule is O=C(CCN1CCC(NC(=O)c2ccc(F)cc2)CC1)Nc1ccccc1F. The topological polar surface area (TPSA) is 61.4 Å². The number of nitrogens with zero attached hydrogens (tertiary/aromatic N) is 1. The fourth-order valence-corrected chi connectivity index (χ4v) is 3.21. The molecule has 2 aromatic carbocycles. The molecular formula is C21H23F2N3O2. The first kappa shape index (κ1) is 19.9. The molecule has 7 heteroatoms. The lowest BCUT2D eigenvalue weighted by atomic mass is 10.0. The van der Waals surface area contributed by atoms with Crippen LogP contribution in [0.15, 0.2) is 48.5 Å². The number of hydrogen-bond donors (Lipinski definition) is 2. The lowest BCUT2D eigenvalue weighted by Gasteiger charge is -2.32. The van der Waals surface area contributed by atoms with Gasteiger partial charge in [-0.3, -0.25) is 9.59 Å². The van der Waals surface area contributed by atoms with E-state index < -0.39 is 5.82 Å². The van der Waals surface area contributed by atoms with Crippen molar-refractivity contribution >= 4 is 17.5 Å². The summed E-state index contributed by atoms with van der Waals surface area (Å²) in [4.78, 5) is 26.4. The molecule has 0 saturated carbocycles. The van der Waals surface area contributed by atoms with Crippen LogP contribution in [0.5, 0.6) is 0 Å². The molecule has 3 rings (SSSR count). The van der Waals surface area contributed by atoms with Gasteiger partial charge in [0.15, 0.2) is 0 Å². The minimum Gasteiger partial charge on any atom is -0.349 e. The Kier molecular flexibility index (Phi) is 6.71. The molecule has 2 N–H and O–H groups in total. The van der Waals surface area contributed by atoms with E-state index in [1.54, 1.807) is 12.1 Å². The molecule has 1 heterocycles. The van der Waals surface area contributed by atoms with Gasteiger partial charge in [-0.15, -0.1) is 0 Å². The number of hydrogen-bond acceptors (Lipinski definition) is 3. The fraction of sp³-hybridized carbons (Fsp3) is 0.333. The molecule has 0 bridgehead atoms. The summed E-state index contributed by atoms with van der Waals surface area (Å²) in [7, 11) is 0. The van der Waals surface area contributed by atoms with Crippen LogP contribution >= 0.6 is 0 Å². The lowest BCUT2D eigenvalue weighted by Crippen LogP contribution is -2.45. The third kappa shape index (κ3) is 5.60. The summed E-state index contributed by atoms with van der Waals surface area (Å²) in [5.41, 5.74) is 0.628. The zero-order valence-electron chi connectivity index (χ0n) is 15.5. The highest BCUT2D eigenvalue weighted by Crippen LogP contribution is 2.14. The number of anilines is 1. The second-order valence-electron chi connectivity index (χ2n) is 6.87. The molecule has 1 fully saturated rings. The van der Waals surface area contributed by atoms with Gasteiger partial charge in [-0.05, 0) is 49.2 Å². The van der Waals surface area contributed by atoms with E-state index in [1.165, 1.54) is 36.4 Å². The molecule has 2 amide bonds. The monoisotopic (exact) mass is 387 g/mol. The Hall–Kier alpha value is -2.80. The van der Waals surface area contributed by atoms with Gasteiger partial charge in [-0.2, -0.15) is 0 Å². The average molecular weight is 387 g/mol. The van der Waals surface area contributed by atoms with Gasteiger partial charge >= 0.3 is 0 Å². The molecular weight excluding hydrogens is 364 g/mol. The third-order valence-corrected chi connectivity index (χ3v) is 4.83. The molecule has 0 unspecified atom stereocenters. The van der Waals surface area contributed by atoms with Crippen molar-refractivity contribution in [2.45, 2.75) is 25.3 Å². The van der Waals surface area contributed by atoms with Gasteiger partial charge in [0, 0.05) is 37.7 Å². The molecule has 0 spiro atoms. The Labute approximate surface area is 162 Å². The first-order valence-corrected chi connectivity index (χ1v) is 9.34. The maximum absolute atomic E-state index is 13.6. The van der Waals surface area contributed by atoms with Gasteiger partial charge in [0.1, 0.15) is 11.6 Å². The zero-order valence-corrected chi connectivity index (χ0v) is 15.5. The Morgan fingerprint density at radius 1 is 1.00 bits per heavy atom. The van der Waals surface area contributed by atoms with Crippen LogP contribution in [0.3, 0.4) is 0 Å². The van der Waals surface area contributed by atoms with Crippen molar-refractivity contribution in [1.29, 1.82) is 0 Å². The molecule has 0 radical (unpaired) electrons. The van der Waals surface area contributed by atoms with Crippen LogP contribution in [0.2, 0.25) is 0 Å². The summed E-state index contributed by atoms with van der Waals surface area (Å²) in [5.74, 6) is -1.25. The molecule has 1 aliphatic rings.